The molecule has 1 saturated carbocycles. The van der Waals surface area contributed by atoms with Crippen LogP contribution in [0.25, 0.3) is 0 Å². The molecule has 0 aliphatic heterocycles. The summed E-state index contributed by atoms with van der Waals surface area (Å²) in [5, 5.41) is 4.99. The lowest BCUT2D eigenvalue weighted by atomic mass is 9.86. The van der Waals surface area contributed by atoms with Crippen LogP contribution in [0.1, 0.15) is 43.0 Å². The molecule has 0 radical (unpaired) electrons. The molecule has 3 amide bonds. The smallest absolute Gasteiger partial charge is 0.338 e. The number of nitrogens with one attached hydrogen (secondary N) is 2. The lowest BCUT2D eigenvalue weighted by Gasteiger charge is -2.29. The molecule has 1 aromatic rings. The molecular formula is C20H28N2O7. The first kappa shape index (κ1) is 22.3. The largest absolute Gasteiger partial charge is 0.493 e. The second-order valence-electron chi connectivity index (χ2n) is 6.88. The Morgan fingerprint density at radius 3 is 2.17 bits per heavy atom. The summed E-state index contributed by atoms with van der Waals surface area (Å²) in [4.78, 5) is 36.2. The first-order valence-electron chi connectivity index (χ1n) is 9.47. The fraction of sp³-hybridized carbons (Fsp3) is 0.550. The Balaban J connectivity index is 1.89. The van der Waals surface area contributed by atoms with Crippen molar-refractivity contribution in [3.05, 3.63) is 17.7 Å². The fourth-order valence-electron chi connectivity index (χ4n) is 3.31. The summed E-state index contributed by atoms with van der Waals surface area (Å²) < 4.78 is 20.6. The summed E-state index contributed by atoms with van der Waals surface area (Å²) in [6.45, 7) is 1.48. The lowest BCUT2D eigenvalue weighted by Crippen LogP contribution is -2.48. The van der Waals surface area contributed by atoms with E-state index in [0.29, 0.717) is 11.7 Å². The van der Waals surface area contributed by atoms with Crippen LogP contribution in [0.5, 0.6) is 17.2 Å². The number of carbonyl (C=O) groups excluding carboxylic acids is 3. The molecular weight excluding hydrogens is 380 g/mol. The number of rotatable bonds is 7. The second kappa shape index (κ2) is 10.5. The average Bonchev–Trinajstić information content (AvgIpc) is 2.72. The van der Waals surface area contributed by atoms with Gasteiger partial charge in [0, 0.05) is 6.04 Å². The number of ether oxygens (including phenoxy) is 4. The monoisotopic (exact) mass is 408 g/mol. The summed E-state index contributed by atoms with van der Waals surface area (Å²) in [7, 11) is 4.29. The first-order chi connectivity index (χ1) is 13.9. The minimum atomic E-state index is -0.763. The molecule has 9 heteroatoms. The van der Waals surface area contributed by atoms with Crippen molar-refractivity contribution in [1.82, 2.24) is 10.6 Å². The molecule has 1 aromatic carbocycles. The summed E-state index contributed by atoms with van der Waals surface area (Å²) in [5.74, 6) is -0.221. The fourth-order valence-corrected chi connectivity index (χ4v) is 3.31. The quantitative estimate of drug-likeness (QED) is 0.666. The molecule has 2 rings (SSSR count). The minimum Gasteiger partial charge on any atom is -0.493 e. The van der Waals surface area contributed by atoms with Gasteiger partial charge in [-0.15, -0.1) is 0 Å². The number of esters is 1. The number of methoxy groups -OCH3 is 3. The Bertz CT molecular complexity index is 725. The highest BCUT2D eigenvalue weighted by atomic mass is 16.5. The van der Waals surface area contributed by atoms with Crippen molar-refractivity contribution >= 4 is 17.9 Å². The standard InChI is InChI=1S/C20H28N2O7/c1-12-7-5-6-8-14(12)21-20(25)22-17(23)11-29-19(24)13-9-15(26-2)18(28-4)16(10-13)27-3/h9-10,12,14H,5-8,11H2,1-4H3,(H2,21,22,23,25)/t12-,14+/m0/s1. The maximum atomic E-state index is 12.3. The van der Waals surface area contributed by atoms with E-state index < -0.39 is 24.5 Å². The molecule has 0 bridgehead atoms. The van der Waals surface area contributed by atoms with Gasteiger partial charge in [-0.05, 0) is 30.9 Å². The van der Waals surface area contributed by atoms with Gasteiger partial charge in [0.1, 0.15) is 0 Å². The Labute approximate surface area is 170 Å². The van der Waals surface area contributed by atoms with Crippen LogP contribution in [0, 0.1) is 5.92 Å². The van der Waals surface area contributed by atoms with Gasteiger partial charge in [0.05, 0.1) is 26.9 Å². The van der Waals surface area contributed by atoms with Crippen LogP contribution in [0.3, 0.4) is 0 Å². The van der Waals surface area contributed by atoms with E-state index in [1.807, 2.05) is 0 Å². The molecule has 0 unspecified atom stereocenters. The van der Waals surface area contributed by atoms with Crippen LogP contribution in [0.2, 0.25) is 0 Å². The van der Waals surface area contributed by atoms with Crippen LogP contribution in [0.4, 0.5) is 4.79 Å². The SMILES string of the molecule is COc1cc(C(=O)OCC(=O)NC(=O)N[C@@H]2CCCC[C@@H]2C)cc(OC)c1OC. The van der Waals surface area contributed by atoms with Crippen molar-refractivity contribution in [2.45, 2.75) is 38.6 Å². The molecule has 1 aliphatic rings. The Morgan fingerprint density at radius 2 is 1.62 bits per heavy atom. The van der Waals surface area contributed by atoms with Gasteiger partial charge in [-0.25, -0.2) is 9.59 Å². The van der Waals surface area contributed by atoms with E-state index in [1.165, 1.54) is 33.5 Å². The van der Waals surface area contributed by atoms with Crippen LogP contribution in [-0.2, 0) is 9.53 Å². The lowest BCUT2D eigenvalue weighted by molar-refractivity contribution is -0.123. The maximum Gasteiger partial charge on any atom is 0.338 e. The van der Waals surface area contributed by atoms with Crippen LogP contribution in [-0.4, -0.2) is 51.9 Å². The number of hydrogen-bond donors (Lipinski definition) is 2. The van der Waals surface area contributed by atoms with Gasteiger partial charge in [-0.1, -0.05) is 19.8 Å². The first-order valence-corrected chi connectivity index (χ1v) is 9.47. The Hall–Kier alpha value is -2.97. The van der Waals surface area contributed by atoms with E-state index >= 15 is 0 Å². The van der Waals surface area contributed by atoms with Crippen LogP contribution < -0.4 is 24.8 Å². The topological polar surface area (TPSA) is 112 Å². The van der Waals surface area contributed by atoms with Crippen molar-refractivity contribution in [3.8, 4) is 17.2 Å². The third kappa shape index (κ3) is 6.00. The number of carbonyl (C=O) groups is 3. The van der Waals surface area contributed by atoms with Crippen molar-refractivity contribution in [2.75, 3.05) is 27.9 Å². The number of urea groups is 1. The van der Waals surface area contributed by atoms with E-state index in [4.69, 9.17) is 18.9 Å². The number of amides is 3. The van der Waals surface area contributed by atoms with Crippen molar-refractivity contribution < 1.29 is 33.3 Å². The molecule has 29 heavy (non-hydrogen) atoms. The molecule has 0 spiro atoms. The molecule has 2 N–H and O–H groups in total. The third-order valence-corrected chi connectivity index (χ3v) is 4.92. The van der Waals surface area contributed by atoms with E-state index in [1.54, 1.807) is 0 Å². The zero-order chi connectivity index (χ0) is 21.4. The highest BCUT2D eigenvalue weighted by Gasteiger charge is 2.24. The van der Waals surface area contributed by atoms with Crippen molar-refractivity contribution in [1.29, 1.82) is 0 Å². The van der Waals surface area contributed by atoms with E-state index in [2.05, 4.69) is 17.6 Å². The average molecular weight is 408 g/mol. The summed E-state index contributed by atoms with van der Waals surface area (Å²) >= 11 is 0. The molecule has 9 nitrogen and oxygen atoms in total. The van der Waals surface area contributed by atoms with Gasteiger partial charge in [-0.3, -0.25) is 10.1 Å². The zero-order valence-electron chi connectivity index (χ0n) is 17.2. The van der Waals surface area contributed by atoms with Crippen molar-refractivity contribution in [3.63, 3.8) is 0 Å². The molecule has 0 aromatic heterocycles. The van der Waals surface area contributed by atoms with Gasteiger partial charge in [-0.2, -0.15) is 0 Å². The molecule has 2 atom stereocenters. The van der Waals surface area contributed by atoms with Gasteiger partial charge in [0.25, 0.3) is 5.91 Å². The summed E-state index contributed by atoms with van der Waals surface area (Å²) in [6, 6.07) is 2.29. The second-order valence-corrected chi connectivity index (χ2v) is 6.88. The van der Waals surface area contributed by atoms with Crippen LogP contribution >= 0.6 is 0 Å². The van der Waals surface area contributed by atoms with Crippen LogP contribution in [0.15, 0.2) is 12.1 Å². The number of hydrogen-bond acceptors (Lipinski definition) is 7. The predicted octanol–water partition coefficient (Wildman–Crippen LogP) is 2.27. The maximum absolute atomic E-state index is 12.3. The normalized spacial score (nSPS) is 18.3. The highest BCUT2D eigenvalue weighted by molar-refractivity contribution is 5.97. The molecule has 1 fully saturated rings. The predicted molar refractivity (Wildman–Crippen MR) is 104 cm³/mol. The zero-order valence-corrected chi connectivity index (χ0v) is 17.2. The Kier molecular flexibility index (Phi) is 8.11. The van der Waals surface area contributed by atoms with E-state index in [-0.39, 0.29) is 23.1 Å². The van der Waals surface area contributed by atoms with Crippen molar-refractivity contribution in [2.24, 2.45) is 5.92 Å². The third-order valence-electron chi connectivity index (χ3n) is 4.92. The Morgan fingerprint density at radius 1 is 1.00 bits per heavy atom. The summed E-state index contributed by atoms with van der Waals surface area (Å²) in [5.41, 5.74) is 0.118. The molecule has 1 aliphatic carbocycles. The molecule has 0 heterocycles. The highest BCUT2D eigenvalue weighted by Crippen LogP contribution is 2.38. The van der Waals surface area contributed by atoms with Gasteiger partial charge < -0.3 is 24.3 Å². The number of imide groups is 1. The van der Waals surface area contributed by atoms with E-state index in [0.717, 1.165) is 25.7 Å². The summed E-state index contributed by atoms with van der Waals surface area (Å²) in [6.07, 6.45) is 4.14. The number of benzene rings is 1. The van der Waals surface area contributed by atoms with E-state index in [9.17, 15) is 14.4 Å². The van der Waals surface area contributed by atoms with Gasteiger partial charge in [0.15, 0.2) is 18.1 Å². The molecule has 160 valence electrons. The van der Waals surface area contributed by atoms with Gasteiger partial charge >= 0.3 is 12.0 Å². The molecule has 0 saturated heterocycles. The minimum absolute atomic E-state index is 0.0401. The van der Waals surface area contributed by atoms with Gasteiger partial charge in [0.2, 0.25) is 5.75 Å².